The lowest BCUT2D eigenvalue weighted by atomic mass is 10.1. The smallest absolute Gasteiger partial charge is 0.401 e. The number of nitrogens with zero attached hydrogens (tertiary/aromatic N) is 5. The summed E-state index contributed by atoms with van der Waals surface area (Å²) in [6.07, 6.45) is 2.68. The molecular formula is C27H28F4N6O. The number of anilines is 2. The number of benzene rings is 1. The second kappa shape index (κ2) is 9.68. The Bertz CT molecular complexity index is 1340. The maximum atomic E-state index is 15.2. The highest BCUT2D eigenvalue weighted by Gasteiger charge is 2.33. The van der Waals surface area contributed by atoms with Crippen molar-refractivity contribution in [2.75, 3.05) is 49.5 Å². The van der Waals surface area contributed by atoms with Gasteiger partial charge in [-0.25, -0.2) is 4.39 Å². The molecule has 2 aliphatic carbocycles. The molecule has 11 heteroatoms. The first-order valence-corrected chi connectivity index (χ1v) is 12.8. The number of halogens is 4. The van der Waals surface area contributed by atoms with Gasteiger partial charge in [-0.2, -0.15) is 23.1 Å². The minimum absolute atomic E-state index is 0.0157. The third-order valence-electron chi connectivity index (χ3n) is 7.20. The van der Waals surface area contributed by atoms with Crippen molar-refractivity contribution in [3.8, 4) is 11.8 Å². The van der Waals surface area contributed by atoms with E-state index in [1.165, 1.54) is 23.3 Å². The SMILES string of the molecule is CC1=Cc2c(ccc(Oc3nc(NC4=NCC(C5CC5)=C4)cc(N4CCN(CC(F)(F)F)CC4)n3)c2F)C1. The number of alkyl halides is 3. The summed E-state index contributed by atoms with van der Waals surface area (Å²) in [6, 6.07) is 5.08. The summed E-state index contributed by atoms with van der Waals surface area (Å²) in [5.41, 5.74) is 3.77. The number of aromatic nitrogens is 2. The van der Waals surface area contributed by atoms with Gasteiger partial charge in [0.15, 0.2) is 11.6 Å². The molecule has 2 fully saturated rings. The van der Waals surface area contributed by atoms with Crippen molar-refractivity contribution in [3.05, 3.63) is 52.4 Å². The van der Waals surface area contributed by atoms with Gasteiger partial charge < -0.3 is 15.0 Å². The van der Waals surface area contributed by atoms with E-state index in [-0.39, 0.29) is 24.8 Å². The van der Waals surface area contributed by atoms with Gasteiger partial charge in [0.25, 0.3) is 0 Å². The predicted molar refractivity (Wildman–Crippen MR) is 137 cm³/mol. The Hall–Kier alpha value is -3.47. The van der Waals surface area contributed by atoms with Gasteiger partial charge in [-0.05, 0) is 55.4 Å². The molecule has 0 unspecified atom stereocenters. The lowest BCUT2D eigenvalue weighted by Crippen LogP contribution is -2.49. The monoisotopic (exact) mass is 528 g/mol. The van der Waals surface area contributed by atoms with Gasteiger partial charge in [0.05, 0.1) is 13.1 Å². The fourth-order valence-electron chi connectivity index (χ4n) is 5.12. The largest absolute Gasteiger partial charge is 0.421 e. The van der Waals surface area contributed by atoms with Gasteiger partial charge in [0.2, 0.25) is 0 Å². The highest BCUT2D eigenvalue weighted by Crippen LogP contribution is 2.38. The lowest BCUT2D eigenvalue weighted by molar-refractivity contribution is -0.146. The van der Waals surface area contributed by atoms with E-state index in [4.69, 9.17) is 4.74 Å². The summed E-state index contributed by atoms with van der Waals surface area (Å²) in [4.78, 5) is 16.8. The third kappa shape index (κ3) is 5.52. The van der Waals surface area contributed by atoms with E-state index in [9.17, 15) is 13.2 Å². The van der Waals surface area contributed by atoms with E-state index < -0.39 is 18.5 Å². The number of hydrogen-bond acceptors (Lipinski definition) is 7. The molecule has 0 atom stereocenters. The van der Waals surface area contributed by atoms with Crippen LogP contribution in [0.2, 0.25) is 0 Å². The second-order valence-electron chi connectivity index (χ2n) is 10.3. The molecule has 0 radical (unpaired) electrons. The van der Waals surface area contributed by atoms with Crippen molar-refractivity contribution in [1.29, 1.82) is 0 Å². The van der Waals surface area contributed by atoms with Crippen LogP contribution in [0.25, 0.3) is 6.08 Å². The highest BCUT2D eigenvalue weighted by atomic mass is 19.4. The van der Waals surface area contributed by atoms with Crippen LogP contribution in [0.1, 0.15) is 30.9 Å². The minimum Gasteiger partial charge on any atom is -0.421 e. The van der Waals surface area contributed by atoms with Gasteiger partial charge in [0, 0.05) is 37.8 Å². The van der Waals surface area contributed by atoms with Crippen LogP contribution in [0, 0.1) is 11.7 Å². The average molecular weight is 529 g/mol. The van der Waals surface area contributed by atoms with Gasteiger partial charge in [-0.3, -0.25) is 9.89 Å². The molecule has 6 rings (SSSR count). The van der Waals surface area contributed by atoms with E-state index >= 15 is 4.39 Å². The number of allylic oxidation sites excluding steroid dienone is 1. The van der Waals surface area contributed by atoms with E-state index in [2.05, 4.69) is 20.3 Å². The highest BCUT2D eigenvalue weighted by molar-refractivity contribution is 6.05. The van der Waals surface area contributed by atoms with Crippen LogP contribution >= 0.6 is 0 Å². The topological polar surface area (TPSA) is 65.9 Å². The van der Waals surface area contributed by atoms with Gasteiger partial charge in [-0.15, -0.1) is 0 Å². The van der Waals surface area contributed by atoms with E-state index in [1.54, 1.807) is 12.1 Å². The van der Waals surface area contributed by atoms with Crippen molar-refractivity contribution in [1.82, 2.24) is 14.9 Å². The van der Waals surface area contributed by atoms with Gasteiger partial charge >= 0.3 is 12.2 Å². The Balaban J connectivity index is 1.25. The Morgan fingerprint density at radius 1 is 1.08 bits per heavy atom. The standard InChI is InChI=1S/C27H28F4N6O/c1-16-10-18-4-5-21(25(28)20(18)11-16)38-26-34-23(33-22-12-19(14-32-22)17-2-3-17)13-24(35-26)37-8-6-36(7-9-37)15-27(29,30)31/h4-5,11-13,17H,2-3,6-10,14-15H2,1H3,(H,32,33,34,35). The van der Waals surface area contributed by atoms with E-state index in [0.29, 0.717) is 55.0 Å². The molecule has 4 aliphatic rings. The average Bonchev–Trinajstić information content (AvgIpc) is 3.49. The number of nitrogens with one attached hydrogen (secondary N) is 1. The van der Waals surface area contributed by atoms with Crippen molar-refractivity contribution in [3.63, 3.8) is 0 Å². The summed E-state index contributed by atoms with van der Waals surface area (Å²) in [5.74, 6) is 1.74. The molecule has 200 valence electrons. The molecule has 0 bridgehead atoms. The first-order valence-electron chi connectivity index (χ1n) is 12.8. The van der Waals surface area contributed by atoms with Crippen molar-refractivity contribution < 1.29 is 22.3 Å². The minimum atomic E-state index is -4.24. The molecule has 0 amide bonds. The van der Waals surface area contributed by atoms with E-state index in [0.717, 1.165) is 11.1 Å². The number of rotatable bonds is 6. The molecule has 1 aromatic carbocycles. The zero-order chi connectivity index (χ0) is 26.4. The lowest BCUT2D eigenvalue weighted by Gasteiger charge is -2.35. The molecule has 38 heavy (non-hydrogen) atoms. The first-order chi connectivity index (χ1) is 18.2. The van der Waals surface area contributed by atoms with Gasteiger partial charge in [0.1, 0.15) is 17.5 Å². The normalized spacial score (nSPS) is 19.7. The Morgan fingerprint density at radius 3 is 2.61 bits per heavy atom. The van der Waals surface area contributed by atoms with Crippen LogP contribution < -0.4 is 15.0 Å². The van der Waals surface area contributed by atoms with E-state index in [1.807, 2.05) is 30.0 Å². The van der Waals surface area contributed by atoms with Crippen LogP contribution in [0.15, 0.2) is 40.4 Å². The molecule has 3 heterocycles. The van der Waals surface area contributed by atoms with Crippen molar-refractivity contribution in [2.45, 2.75) is 32.4 Å². The number of amidine groups is 1. The summed E-state index contributed by atoms with van der Waals surface area (Å²) in [7, 11) is 0. The molecule has 1 saturated heterocycles. The quantitative estimate of drug-likeness (QED) is 0.520. The number of aliphatic imine (C=N–C) groups is 1. The van der Waals surface area contributed by atoms with Crippen LogP contribution in [0.4, 0.5) is 29.2 Å². The van der Waals surface area contributed by atoms with Crippen LogP contribution in [0.5, 0.6) is 11.8 Å². The van der Waals surface area contributed by atoms with Crippen molar-refractivity contribution in [2.24, 2.45) is 10.9 Å². The third-order valence-corrected chi connectivity index (χ3v) is 7.20. The number of piperazine rings is 1. The molecule has 1 aromatic heterocycles. The maximum absolute atomic E-state index is 15.2. The molecule has 0 spiro atoms. The molecular weight excluding hydrogens is 500 g/mol. The van der Waals surface area contributed by atoms with Crippen LogP contribution in [-0.4, -0.2) is 66.1 Å². The summed E-state index contributed by atoms with van der Waals surface area (Å²) in [6.45, 7) is 2.87. The van der Waals surface area contributed by atoms with Crippen molar-refractivity contribution >= 4 is 23.5 Å². The Kier molecular flexibility index (Phi) is 6.33. The number of fused-ring (bicyclic) bond motifs is 1. The summed E-state index contributed by atoms with van der Waals surface area (Å²) in [5, 5.41) is 3.21. The second-order valence-corrected chi connectivity index (χ2v) is 10.3. The summed E-state index contributed by atoms with van der Waals surface area (Å²) < 4.78 is 59.6. The molecule has 7 nitrogen and oxygen atoms in total. The molecule has 2 aromatic rings. The number of hydrogen-bond donors (Lipinski definition) is 1. The zero-order valence-electron chi connectivity index (χ0n) is 21.0. The number of ether oxygens (including phenoxy) is 1. The zero-order valence-corrected chi connectivity index (χ0v) is 21.0. The maximum Gasteiger partial charge on any atom is 0.401 e. The fraction of sp³-hybridized carbons (Fsp3) is 0.444. The Morgan fingerprint density at radius 2 is 1.87 bits per heavy atom. The first kappa shape index (κ1) is 24.8. The van der Waals surface area contributed by atoms with Crippen LogP contribution in [-0.2, 0) is 6.42 Å². The molecule has 2 aliphatic heterocycles. The fourth-order valence-corrected chi connectivity index (χ4v) is 5.12. The Labute approximate surface area is 217 Å². The summed E-state index contributed by atoms with van der Waals surface area (Å²) >= 11 is 0. The van der Waals surface area contributed by atoms with Crippen LogP contribution in [0.3, 0.4) is 0 Å². The predicted octanol–water partition coefficient (Wildman–Crippen LogP) is 5.21. The van der Waals surface area contributed by atoms with Gasteiger partial charge in [-0.1, -0.05) is 17.7 Å². The molecule has 1 N–H and O–H groups in total. The molecule has 1 saturated carbocycles.